The van der Waals surface area contributed by atoms with Gasteiger partial charge in [0.05, 0.1) is 5.92 Å². The average molecular weight is 276 g/mol. The molecular formula is C15H20N2OS. The number of nitrogens with one attached hydrogen (secondary N) is 2. The Balaban J connectivity index is 1.64. The van der Waals surface area contributed by atoms with Crippen molar-refractivity contribution in [3.05, 3.63) is 29.8 Å². The molecule has 2 aliphatic rings. The number of hydrogen-bond acceptors (Lipinski definition) is 3. The highest BCUT2D eigenvalue weighted by atomic mass is 32.2. The van der Waals surface area contributed by atoms with Crippen molar-refractivity contribution < 1.29 is 4.79 Å². The van der Waals surface area contributed by atoms with E-state index in [4.69, 9.17) is 0 Å². The molecule has 4 heteroatoms. The van der Waals surface area contributed by atoms with Crippen molar-refractivity contribution in [1.29, 1.82) is 0 Å². The minimum atomic E-state index is 0.0175. The minimum Gasteiger partial charge on any atom is -0.385 e. The third kappa shape index (κ3) is 2.89. The second kappa shape index (κ2) is 5.87. The van der Waals surface area contributed by atoms with Gasteiger partial charge >= 0.3 is 0 Å². The number of carbonyl (C=O) groups excluding carboxylic acids is 1. The number of para-hydroxylation sites is 1. The predicted molar refractivity (Wildman–Crippen MR) is 80.8 cm³/mol. The molecule has 0 aromatic heterocycles. The highest BCUT2D eigenvalue weighted by molar-refractivity contribution is 8.00. The van der Waals surface area contributed by atoms with Crippen LogP contribution in [0.1, 0.15) is 30.7 Å². The largest absolute Gasteiger partial charge is 0.385 e. The van der Waals surface area contributed by atoms with Gasteiger partial charge in [0.15, 0.2) is 0 Å². The molecule has 1 fully saturated rings. The second-order valence-corrected chi connectivity index (χ2v) is 6.64. The fourth-order valence-electron chi connectivity index (χ4n) is 2.88. The van der Waals surface area contributed by atoms with Gasteiger partial charge in [-0.2, -0.15) is 11.8 Å². The molecule has 1 saturated heterocycles. The standard InChI is InChI=1S/C15H20N2OS/c18-15(17-10-11-4-3-9-19-11)13-7-8-16-14-6-2-1-5-12(13)14/h1-2,5-6,11,13,16H,3-4,7-10H2,(H,17,18). The molecule has 2 unspecified atom stereocenters. The molecule has 0 saturated carbocycles. The van der Waals surface area contributed by atoms with Gasteiger partial charge in [-0.1, -0.05) is 18.2 Å². The number of hydrogen-bond donors (Lipinski definition) is 2. The molecule has 102 valence electrons. The molecule has 0 aliphatic carbocycles. The summed E-state index contributed by atoms with van der Waals surface area (Å²) in [6, 6.07) is 8.15. The quantitative estimate of drug-likeness (QED) is 0.891. The van der Waals surface area contributed by atoms with Crippen LogP contribution in [0.2, 0.25) is 0 Å². The van der Waals surface area contributed by atoms with Crippen LogP contribution in [0.4, 0.5) is 5.69 Å². The van der Waals surface area contributed by atoms with E-state index in [1.807, 2.05) is 23.9 Å². The Morgan fingerprint density at radius 2 is 2.26 bits per heavy atom. The number of carbonyl (C=O) groups is 1. The van der Waals surface area contributed by atoms with E-state index >= 15 is 0 Å². The van der Waals surface area contributed by atoms with Gasteiger partial charge < -0.3 is 10.6 Å². The molecule has 3 nitrogen and oxygen atoms in total. The second-order valence-electron chi connectivity index (χ2n) is 5.24. The number of amides is 1. The molecule has 3 rings (SSSR count). The number of thioether (sulfide) groups is 1. The SMILES string of the molecule is O=C(NCC1CCCS1)C1CCNc2ccccc21. The monoisotopic (exact) mass is 276 g/mol. The lowest BCUT2D eigenvalue weighted by atomic mass is 9.90. The molecule has 2 atom stereocenters. The number of benzene rings is 1. The van der Waals surface area contributed by atoms with Crippen LogP contribution in [0.15, 0.2) is 24.3 Å². The lowest BCUT2D eigenvalue weighted by Crippen LogP contribution is -2.36. The van der Waals surface area contributed by atoms with Crippen LogP contribution in [-0.4, -0.2) is 30.0 Å². The van der Waals surface area contributed by atoms with E-state index in [2.05, 4.69) is 22.8 Å². The van der Waals surface area contributed by atoms with E-state index < -0.39 is 0 Å². The Morgan fingerprint density at radius 3 is 3.11 bits per heavy atom. The van der Waals surface area contributed by atoms with E-state index in [1.165, 1.54) is 18.6 Å². The van der Waals surface area contributed by atoms with E-state index in [0.29, 0.717) is 5.25 Å². The molecule has 1 aromatic rings. The fraction of sp³-hybridized carbons (Fsp3) is 0.533. The molecule has 2 N–H and O–H groups in total. The van der Waals surface area contributed by atoms with Gasteiger partial charge in [-0.15, -0.1) is 0 Å². The summed E-state index contributed by atoms with van der Waals surface area (Å²) in [6.07, 6.45) is 3.43. The van der Waals surface area contributed by atoms with Crippen molar-refractivity contribution >= 4 is 23.4 Å². The van der Waals surface area contributed by atoms with Gasteiger partial charge in [0.2, 0.25) is 5.91 Å². The van der Waals surface area contributed by atoms with Crippen LogP contribution in [0.25, 0.3) is 0 Å². The zero-order chi connectivity index (χ0) is 13.1. The zero-order valence-corrected chi connectivity index (χ0v) is 11.8. The van der Waals surface area contributed by atoms with Crippen molar-refractivity contribution in [3.63, 3.8) is 0 Å². The fourth-order valence-corrected chi connectivity index (χ4v) is 4.09. The van der Waals surface area contributed by atoms with Gasteiger partial charge in [-0.3, -0.25) is 4.79 Å². The van der Waals surface area contributed by atoms with Gasteiger partial charge in [-0.05, 0) is 36.6 Å². The maximum Gasteiger partial charge on any atom is 0.227 e. The highest BCUT2D eigenvalue weighted by Crippen LogP contribution is 2.31. The average Bonchev–Trinajstić information content (AvgIpc) is 2.97. The number of rotatable bonds is 3. The smallest absolute Gasteiger partial charge is 0.227 e. The van der Waals surface area contributed by atoms with Gasteiger partial charge in [0.25, 0.3) is 0 Å². The molecule has 0 radical (unpaired) electrons. The molecule has 1 aromatic carbocycles. The first-order chi connectivity index (χ1) is 9.34. The van der Waals surface area contributed by atoms with Crippen molar-refractivity contribution in [2.24, 2.45) is 0 Å². The molecule has 2 heterocycles. The lowest BCUT2D eigenvalue weighted by Gasteiger charge is -2.26. The van der Waals surface area contributed by atoms with Crippen LogP contribution in [0.3, 0.4) is 0 Å². The van der Waals surface area contributed by atoms with Gasteiger partial charge in [0.1, 0.15) is 0 Å². The van der Waals surface area contributed by atoms with E-state index in [1.54, 1.807) is 0 Å². The highest BCUT2D eigenvalue weighted by Gasteiger charge is 2.26. The topological polar surface area (TPSA) is 41.1 Å². The normalized spacial score (nSPS) is 25.5. The van der Waals surface area contributed by atoms with E-state index in [0.717, 1.165) is 30.8 Å². The summed E-state index contributed by atoms with van der Waals surface area (Å²) in [5, 5.41) is 7.13. The van der Waals surface area contributed by atoms with Crippen LogP contribution >= 0.6 is 11.8 Å². The Morgan fingerprint density at radius 1 is 1.37 bits per heavy atom. The van der Waals surface area contributed by atoms with Crippen LogP contribution < -0.4 is 10.6 Å². The summed E-state index contributed by atoms with van der Waals surface area (Å²) < 4.78 is 0. The molecule has 0 bridgehead atoms. The lowest BCUT2D eigenvalue weighted by molar-refractivity contribution is -0.122. The molecular weight excluding hydrogens is 256 g/mol. The van der Waals surface area contributed by atoms with Crippen molar-refractivity contribution in [3.8, 4) is 0 Å². The molecule has 2 aliphatic heterocycles. The van der Waals surface area contributed by atoms with Crippen LogP contribution in [0.5, 0.6) is 0 Å². The summed E-state index contributed by atoms with van der Waals surface area (Å²) in [5.74, 6) is 1.46. The first kappa shape index (κ1) is 12.9. The van der Waals surface area contributed by atoms with Gasteiger partial charge in [0, 0.05) is 24.0 Å². The van der Waals surface area contributed by atoms with Crippen molar-refractivity contribution in [2.75, 3.05) is 24.2 Å². The third-order valence-corrected chi connectivity index (χ3v) is 5.33. The molecule has 19 heavy (non-hydrogen) atoms. The minimum absolute atomic E-state index is 0.0175. The van der Waals surface area contributed by atoms with Crippen LogP contribution in [0, 0.1) is 0 Å². The summed E-state index contributed by atoms with van der Waals surface area (Å²) >= 11 is 1.99. The predicted octanol–water partition coefficient (Wildman–Crippen LogP) is 2.60. The van der Waals surface area contributed by atoms with Gasteiger partial charge in [-0.25, -0.2) is 0 Å². The van der Waals surface area contributed by atoms with Crippen molar-refractivity contribution in [1.82, 2.24) is 5.32 Å². The summed E-state index contributed by atoms with van der Waals surface area (Å²) in [4.78, 5) is 12.4. The molecule has 1 amide bonds. The maximum absolute atomic E-state index is 12.4. The first-order valence-corrected chi connectivity index (χ1v) is 8.11. The summed E-state index contributed by atoms with van der Waals surface area (Å²) in [7, 11) is 0. The van der Waals surface area contributed by atoms with E-state index in [-0.39, 0.29) is 11.8 Å². The Labute approximate surface area is 118 Å². The summed E-state index contributed by atoms with van der Waals surface area (Å²) in [5.41, 5.74) is 2.26. The molecule has 0 spiro atoms. The number of fused-ring (bicyclic) bond motifs is 1. The van der Waals surface area contributed by atoms with Crippen molar-refractivity contribution in [2.45, 2.75) is 30.4 Å². The first-order valence-electron chi connectivity index (χ1n) is 7.07. The summed E-state index contributed by atoms with van der Waals surface area (Å²) in [6.45, 7) is 1.71. The number of anilines is 1. The third-order valence-electron chi connectivity index (χ3n) is 3.93. The maximum atomic E-state index is 12.4. The zero-order valence-electron chi connectivity index (χ0n) is 11.0. The van der Waals surface area contributed by atoms with E-state index in [9.17, 15) is 4.79 Å². The Kier molecular flexibility index (Phi) is 3.97. The Bertz CT molecular complexity index is 457. The Hall–Kier alpha value is -1.16. The van der Waals surface area contributed by atoms with Crippen LogP contribution in [-0.2, 0) is 4.79 Å².